The van der Waals surface area contributed by atoms with Crippen molar-refractivity contribution in [2.75, 3.05) is 6.54 Å². The largest absolute Gasteiger partial charge is 0.441 e. The van der Waals surface area contributed by atoms with E-state index in [-0.39, 0.29) is 6.09 Å². The number of fused-ring (bicyclic) bond motifs is 1. The topological polar surface area (TPSA) is 102 Å². The van der Waals surface area contributed by atoms with Crippen molar-refractivity contribution in [1.29, 1.82) is 5.26 Å². The molecule has 3 heterocycles. The first-order chi connectivity index (χ1) is 17.5. The smallest absolute Gasteiger partial charge is 0.410 e. The number of aromatic nitrogens is 5. The lowest BCUT2D eigenvalue weighted by Gasteiger charge is -2.36. The van der Waals surface area contributed by atoms with Gasteiger partial charge < -0.3 is 9.30 Å². The number of ether oxygens (including phenoxy) is 1. The molecule has 36 heavy (non-hydrogen) atoms. The molecule has 0 radical (unpaired) electrons. The quantitative estimate of drug-likeness (QED) is 0.392. The van der Waals surface area contributed by atoms with E-state index in [0.717, 1.165) is 48.9 Å². The van der Waals surface area contributed by atoms with E-state index >= 15 is 0 Å². The molecule has 2 aromatic heterocycles. The number of carbonyl (C=O) groups excluding carboxylic acids is 1. The highest BCUT2D eigenvalue weighted by Crippen LogP contribution is 2.41. The minimum absolute atomic E-state index is 0.302. The zero-order valence-corrected chi connectivity index (χ0v) is 20.3. The lowest BCUT2D eigenvalue weighted by molar-refractivity contribution is 0.00415. The lowest BCUT2D eigenvalue weighted by atomic mass is 9.78. The summed E-state index contributed by atoms with van der Waals surface area (Å²) in [5, 5.41) is 18.4. The van der Waals surface area contributed by atoms with Crippen LogP contribution in [-0.2, 0) is 17.8 Å². The molecular formula is C26H24ClN7O2. The number of rotatable bonds is 5. The fraction of sp³-hybridized carbons (Fsp3) is 0.346. The highest BCUT2D eigenvalue weighted by Gasteiger charge is 2.48. The van der Waals surface area contributed by atoms with E-state index in [1.165, 1.54) is 0 Å². The maximum atomic E-state index is 12.8. The molecule has 1 saturated heterocycles. The number of nitriles is 1. The number of amides is 1. The van der Waals surface area contributed by atoms with Gasteiger partial charge in [0, 0.05) is 11.6 Å². The van der Waals surface area contributed by atoms with Gasteiger partial charge in [-0.1, -0.05) is 16.8 Å². The molecule has 1 saturated carbocycles. The molecule has 1 aliphatic carbocycles. The number of benzene rings is 2. The van der Waals surface area contributed by atoms with Gasteiger partial charge >= 0.3 is 6.09 Å². The summed E-state index contributed by atoms with van der Waals surface area (Å²) >= 11 is 5.97. The molecule has 182 valence electrons. The Morgan fingerprint density at radius 1 is 1.22 bits per heavy atom. The Labute approximate surface area is 212 Å². The number of hydrogen-bond acceptors (Lipinski definition) is 6. The summed E-state index contributed by atoms with van der Waals surface area (Å²) in [6.07, 6.45) is 7.07. The first kappa shape index (κ1) is 22.6. The summed E-state index contributed by atoms with van der Waals surface area (Å²) in [4.78, 5) is 19.0. The van der Waals surface area contributed by atoms with E-state index in [9.17, 15) is 10.1 Å². The van der Waals surface area contributed by atoms with Crippen molar-refractivity contribution < 1.29 is 9.53 Å². The lowest BCUT2D eigenvalue weighted by Crippen LogP contribution is -2.40. The predicted octanol–water partition coefficient (Wildman–Crippen LogP) is 4.72. The van der Waals surface area contributed by atoms with Crippen LogP contribution in [-0.4, -0.2) is 47.7 Å². The Kier molecular flexibility index (Phi) is 5.61. The van der Waals surface area contributed by atoms with Gasteiger partial charge in [-0.2, -0.15) is 5.26 Å². The molecule has 1 aliphatic heterocycles. The van der Waals surface area contributed by atoms with Crippen LogP contribution < -0.4 is 0 Å². The molecule has 1 amide bonds. The second-order valence-electron chi connectivity index (χ2n) is 9.71. The van der Waals surface area contributed by atoms with Crippen LogP contribution in [0.15, 0.2) is 55.0 Å². The fourth-order valence-electron chi connectivity index (χ4n) is 5.49. The van der Waals surface area contributed by atoms with Crippen LogP contribution in [0.2, 0.25) is 5.02 Å². The zero-order valence-electron chi connectivity index (χ0n) is 19.5. The highest BCUT2D eigenvalue weighted by atomic mass is 35.5. The predicted molar refractivity (Wildman–Crippen MR) is 132 cm³/mol. The molecule has 10 heteroatoms. The number of nitrogens with zero attached hydrogens (tertiary/aromatic N) is 7. The van der Waals surface area contributed by atoms with Crippen LogP contribution >= 0.6 is 11.6 Å². The van der Waals surface area contributed by atoms with Crippen LogP contribution in [0.25, 0.3) is 16.7 Å². The van der Waals surface area contributed by atoms with Crippen molar-refractivity contribution in [3.63, 3.8) is 0 Å². The summed E-state index contributed by atoms with van der Waals surface area (Å²) in [6.45, 7) is 1.67. The first-order valence-electron chi connectivity index (χ1n) is 12.0. The third-order valence-corrected chi connectivity index (χ3v) is 7.39. The maximum absolute atomic E-state index is 12.8. The van der Waals surface area contributed by atoms with Crippen molar-refractivity contribution in [3.8, 4) is 11.8 Å². The molecule has 0 N–H and O–H groups in total. The third-order valence-electron chi connectivity index (χ3n) is 7.14. The van der Waals surface area contributed by atoms with Gasteiger partial charge in [0.05, 0.1) is 54.0 Å². The van der Waals surface area contributed by atoms with Crippen molar-refractivity contribution >= 4 is 28.7 Å². The highest BCUT2D eigenvalue weighted by molar-refractivity contribution is 6.30. The van der Waals surface area contributed by atoms with Crippen LogP contribution in [0.1, 0.15) is 36.9 Å². The maximum Gasteiger partial charge on any atom is 0.410 e. The molecule has 6 rings (SSSR count). The summed E-state index contributed by atoms with van der Waals surface area (Å²) in [6, 6.07) is 15.1. The van der Waals surface area contributed by atoms with Gasteiger partial charge in [0.25, 0.3) is 0 Å². The van der Waals surface area contributed by atoms with Crippen LogP contribution in [0.4, 0.5) is 4.79 Å². The Hall–Kier alpha value is -3.90. The van der Waals surface area contributed by atoms with Gasteiger partial charge in [-0.3, -0.25) is 4.90 Å². The zero-order chi connectivity index (χ0) is 24.7. The van der Waals surface area contributed by atoms with E-state index in [1.807, 2.05) is 36.8 Å². The molecule has 0 bridgehead atoms. The molecule has 1 unspecified atom stereocenters. The van der Waals surface area contributed by atoms with Gasteiger partial charge in [0.2, 0.25) is 0 Å². The van der Waals surface area contributed by atoms with Crippen molar-refractivity contribution in [3.05, 3.63) is 71.3 Å². The second-order valence-corrected chi connectivity index (χ2v) is 10.1. The Morgan fingerprint density at radius 2 is 2.08 bits per heavy atom. The molecule has 9 nitrogen and oxygen atoms in total. The monoisotopic (exact) mass is 501 g/mol. The Morgan fingerprint density at radius 3 is 2.92 bits per heavy atom. The first-order valence-corrected chi connectivity index (χ1v) is 12.4. The number of hydrogen-bond donors (Lipinski definition) is 0. The third kappa shape index (κ3) is 4.29. The summed E-state index contributed by atoms with van der Waals surface area (Å²) in [5.74, 6) is 0.348. The Bertz CT molecular complexity index is 1470. The van der Waals surface area contributed by atoms with E-state index in [2.05, 4.69) is 25.9 Å². The number of carbonyl (C=O) groups is 1. The SMILES string of the molecule is N#Cc1ccc2ncn(CC3CCC[C@]4(C3)CN(Cc3cn(-c5ccc(Cl)cc5)nn3)C(=O)O4)c2c1. The molecular weight excluding hydrogens is 478 g/mol. The van der Waals surface area contributed by atoms with Gasteiger partial charge in [0.15, 0.2) is 0 Å². The molecule has 2 fully saturated rings. The van der Waals surface area contributed by atoms with Crippen LogP contribution in [0.5, 0.6) is 0 Å². The van der Waals surface area contributed by atoms with Gasteiger partial charge in [-0.05, 0) is 74.1 Å². The van der Waals surface area contributed by atoms with E-state index in [4.69, 9.17) is 16.3 Å². The molecule has 2 aromatic carbocycles. The van der Waals surface area contributed by atoms with Gasteiger partial charge in [-0.25, -0.2) is 14.5 Å². The summed E-state index contributed by atoms with van der Waals surface area (Å²) in [7, 11) is 0. The summed E-state index contributed by atoms with van der Waals surface area (Å²) < 4.78 is 9.79. The standard InChI is InChI=1S/C26H24ClN7O2/c27-20-4-6-22(7-5-20)34-15-21(30-31-34)14-32-16-26(36-25(32)35)9-1-2-19(11-26)13-33-17-29-23-8-3-18(12-28)10-24(23)33/h3-8,10,15,17,19H,1-2,9,11,13-14,16H2/t19?,26-/m0/s1. The van der Waals surface area contributed by atoms with E-state index < -0.39 is 5.60 Å². The van der Waals surface area contributed by atoms with Crippen LogP contribution in [0, 0.1) is 17.2 Å². The van der Waals surface area contributed by atoms with Crippen LogP contribution in [0.3, 0.4) is 0 Å². The minimum atomic E-state index is -0.486. The average molecular weight is 502 g/mol. The molecule has 2 atom stereocenters. The van der Waals surface area contributed by atoms with E-state index in [0.29, 0.717) is 35.3 Å². The van der Waals surface area contributed by atoms with Crippen molar-refractivity contribution in [2.45, 2.75) is 44.4 Å². The molecule has 2 aliphatic rings. The van der Waals surface area contributed by atoms with Crippen molar-refractivity contribution in [1.82, 2.24) is 29.4 Å². The second kappa shape index (κ2) is 8.95. The minimum Gasteiger partial charge on any atom is -0.441 e. The molecule has 4 aromatic rings. The number of imidazole rings is 1. The fourth-order valence-corrected chi connectivity index (χ4v) is 5.61. The normalized spacial score (nSPS) is 21.7. The summed E-state index contributed by atoms with van der Waals surface area (Å²) in [5.41, 5.74) is 3.53. The van der Waals surface area contributed by atoms with Gasteiger partial charge in [-0.15, -0.1) is 5.10 Å². The van der Waals surface area contributed by atoms with Gasteiger partial charge in [0.1, 0.15) is 11.3 Å². The van der Waals surface area contributed by atoms with E-state index in [1.54, 1.807) is 27.8 Å². The Balaban J connectivity index is 1.14. The van der Waals surface area contributed by atoms with Crippen molar-refractivity contribution in [2.24, 2.45) is 5.92 Å². The molecule has 1 spiro atoms. The average Bonchev–Trinajstić information content (AvgIpc) is 3.58. The number of halogens is 1.